The third-order valence-electron chi connectivity index (χ3n) is 4.53. The summed E-state index contributed by atoms with van der Waals surface area (Å²) in [6.07, 6.45) is 4.16. The van der Waals surface area contributed by atoms with E-state index in [4.69, 9.17) is 9.47 Å². The lowest BCUT2D eigenvalue weighted by atomic mass is 10.0. The third-order valence-corrected chi connectivity index (χ3v) is 4.53. The van der Waals surface area contributed by atoms with Crippen LogP contribution in [-0.4, -0.2) is 7.11 Å². The van der Waals surface area contributed by atoms with Crippen LogP contribution in [0.5, 0.6) is 11.5 Å². The highest BCUT2D eigenvalue weighted by molar-refractivity contribution is 5.90. The molecule has 3 aromatic carbocycles. The molecule has 0 saturated heterocycles. The predicted octanol–water partition coefficient (Wildman–Crippen LogP) is 6.21. The summed E-state index contributed by atoms with van der Waals surface area (Å²) in [6.45, 7) is 4.03. The average Bonchev–Trinajstić information content (AvgIpc) is 2.77. The van der Waals surface area contributed by atoms with E-state index in [0.29, 0.717) is 23.5 Å². The van der Waals surface area contributed by atoms with Crippen LogP contribution in [0.25, 0.3) is 11.6 Å². The summed E-state index contributed by atoms with van der Waals surface area (Å²) >= 11 is 0. The molecular formula is C26H22FNO2. The molecule has 0 atom stereocenters. The minimum atomic E-state index is -0.306. The summed E-state index contributed by atoms with van der Waals surface area (Å²) in [7, 11) is 1.57. The van der Waals surface area contributed by atoms with Gasteiger partial charge in [0.15, 0.2) is 11.5 Å². The van der Waals surface area contributed by atoms with Crippen molar-refractivity contribution >= 4 is 11.6 Å². The Hall–Kier alpha value is -3.84. The lowest BCUT2D eigenvalue weighted by molar-refractivity contribution is 0.281. The fourth-order valence-corrected chi connectivity index (χ4v) is 3.14. The average molecular weight is 399 g/mol. The number of nitrogens with zero attached hydrogens (tertiary/aromatic N) is 1. The van der Waals surface area contributed by atoms with Crippen molar-refractivity contribution in [2.45, 2.75) is 13.0 Å². The molecule has 3 rings (SSSR count). The summed E-state index contributed by atoms with van der Waals surface area (Å²) in [4.78, 5) is 0. The molecule has 0 aliphatic rings. The molecule has 0 spiro atoms. The molecule has 150 valence electrons. The minimum absolute atomic E-state index is 0.209. The fourth-order valence-electron chi connectivity index (χ4n) is 3.14. The van der Waals surface area contributed by atoms with Crippen molar-refractivity contribution in [2.75, 3.05) is 7.11 Å². The number of methoxy groups -OCH3 is 1. The molecule has 0 amide bonds. The van der Waals surface area contributed by atoms with Gasteiger partial charge in [0.25, 0.3) is 0 Å². The van der Waals surface area contributed by atoms with E-state index in [2.05, 4.69) is 12.6 Å². The molecule has 0 aliphatic heterocycles. The number of benzene rings is 3. The maximum absolute atomic E-state index is 13.5. The molecule has 0 radical (unpaired) electrons. The molecule has 30 heavy (non-hydrogen) atoms. The summed E-state index contributed by atoms with van der Waals surface area (Å²) in [5, 5.41) is 9.61. The Labute approximate surface area is 176 Å². The van der Waals surface area contributed by atoms with Crippen LogP contribution in [0.4, 0.5) is 4.39 Å². The first-order valence-corrected chi connectivity index (χ1v) is 9.51. The van der Waals surface area contributed by atoms with Gasteiger partial charge in [-0.25, -0.2) is 4.39 Å². The normalized spacial score (nSPS) is 10.9. The molecule has 0 bridgehead atoms. The lowest BCUT2D eigenvalue weighted by Crippen LogP contribution is -2.02. The van der Waals surface area contributed by atoms with Crippen molar-refractivity contribution in [3.8, 4) is 17.6 Å². The van der Waals surface area contributed by atoms with Crippen LogP contribution in [-0.2, 0) is 13.0 Å². The zero-order valence-electron chi connectivity index (χ0n) is 16.8. The molecule has 0 aromatic heterocycles. The van der Waals surface area contributed by atoms with Gasteiger partial charge in [-0.1, -0.05) is 48.5 Å². The lowest BCUT2D eigenvalue weighted by Gasteiger charge is -2.16. The van der Waals surface area contributed by atoms with Gasteiger partial charge in [0.05, 0.1) is 18.8 Å². The van der Waals surface area contributed by atoms with Crippen molar-refractivity contribution in [3.63, 3.8) is 0 Å². The predicted molar refractivity (Wildman–Crippen MR) is 118 cm³/mol. The van der Waals surface area contributed by atoms with Gasteiger partial charge in [0, 0.05) is 5.56 Å². The number of ether oxygens (including phenoxy) is 2. The molecule has 4 heteroatoms. The monoisotopic (exact) mass is 399 g/mol. The van der Waals surface area contributed by atoms with E-state index in [1.54, 1.807) is 25.3 Å². The molecule has 0 saturated carbocycles. The van der Waals surface area contributed by atoms with E-state index in [0.717, 1.165) is 22.3 Å². The Morgan fingerprint density at radius 2 is 1.90 bits per heavy atom. The summed E-state index contributed by atoms with van der Waals surface area (Å²) in [5.74, 6) is 0.819. The maximum Gasteiger partial charge on any atom is 0.165 e. The van der Waals surface area contributed by atoms with E-state index in [9.17, 15) is 9.65 Å². The number of rotatable bonds is 8. The second-order valence-electron chi connectivity index (χ2n) is 6.66. The van der Waals surface area contributed by atoms with Crippen molar-refractivity contribution < 1.29 is 13.9 Å². The third kappa shape index (κ3) is 5.15. The molecule has 3 nitrogen and oxygen atoms in total. The quantitative estimate of drug-likeness (QED) is 0.257. The molecule has 0 unspecified atom stereocenters. The molecule has 0 N–H and O–H groups in total. The van der Waals surface area contributed by atoms with Gasteiger partial charge in [-0.3, -0.25) is 0 Å². The van der Waals surface area contributed by atoms with E-state index >= 15 is 0 Å². The number of allylic oxidation sites excluding steroid dienone is 2. The number of nitriles is 1. The van der Waals surface area contributed by atoms with Crippen LogP contribution < -0.4 is 9.47 Å². The molecule has 3 aromatic rings. The first-order chi connectivity index (χ1) is 14.6. The van der Waals surface area contributed by atoms with Crippen molar-refractivity contribution in [3.05, 3.63) is 107 Å². The minimum Gasteiger partial charge on any atom is -0.493 e. The van der Waals surface area contributed by atoms with Gasteiger partial charge in [-0.05, 0) is 53.5 Å². The Balaban J connectivity index is 1.97. The maximum atomic E-state index is 13.5. The van der Waals surface area contributed by atoms with E-state index < -0.39 is 0 Å². The largest absolute Gasteiger partial charge is 0.493 e. The van der Waals surface area contributed by atoms with Crippen molar-refractivity contribution in [2.24, 2.45) is 0 Å². The van der Waals surface area contributed by atoms with Gasteiger partial charge in [-0.2, -0.15) is 5.26 Å². The standard InChI is InChI=1S/C26H22FNO2/c1-3-8-22-13-20(14-23(17-28)21-10-5-4-6-11-21)16-25(29-2)26(22)30-18-19-9-7-12-24(27)15-19/h3-7,9-16H,1,8,18H2,2H3/b23-14+. The van der Waals surface area contributed by atoms with Gasteiger partial charge >= 0.3 is 0 Å². The van der Waals surface area contributed by atoms with Gasteiger partial charge in [0.2, 0.25) is 0 Å². The van der Waals surface area contributed by atoms with Crippen LogP contribution in [0.2, 0.25) is 0 Å². The highest BCUT2D eigenvalue weighted by Crippen LogP contribution is 2.35. The van der Waals surface area contributed by atoms with Crippen LogP contribution in [0.15, 0.2) is 79.4 Å². The van der Waals surface area contributed by atoms with Crippen molar-refractivity contribution in [1.29, 1.82) is 5.26 Å². The van der Waals surface area contributed by atoms with Crippen molar-refractivity contribution in [1.82, 2.24) is 0 Å². The first-order valence-electron chi connectivity index (χ1n) is 9.51. The Morgan fingerprint density at radius 1 is 1.10 bits per heavy atom. The van der Waals surface area contributed by atoms with Gasteiger partial charge in [0.1, 0.15) is 12.4 Å². The topological polar surface area (TPSA) is 42.2 Å². The summed E-state index contributed by atoms with van der Waals surface area (Å²) in [6, 6.07) is 21.8. The van der Waals surface area contributed by atoms with E-state index in [-0.39, 0.29) is 12.4 Å². The number of halogens is 1. The molecule has 0 heterocycles. The van der Waals surface area contributed by atoms with Crippen LogP contribution >= 0.6 is 0 Å². The molecule has 0 aliphatic carbocycles. The van der Waals surface area contributed by atoms with Gasteiger partial charge in [-0.15, -0.1) is 6.58 Å². The summed E-state index contributed by atoms with van der Waals surface area (Å²) in [5.41, 5.74) is 3.81. The molecular weight excluding hydrogens is 377 g/mol. The number of hydrogen-bond acceptors (Lipinski definition) is 3. The number of hydrogen-bond donors (Lipinski definition) is 0. The van der Waals surface area contributed by atoms with Crippen LogP contribution in [0.3, 0.4) is 0 Å². The van der Waals surface area contributed by atoms with Crippen LogP contribution in [0.1, 0.15) is 22.3 Å². The highest BCUT2D eigenvalue weighted by Gasteiger charge is 2.13. The zero-order valence-corrected chi connectivity index (χ0v) is 16.8. The fraction of sp³-hybridized carbons (Fsp3) is 0.115. The second kappa shape index (κ2) is 10.1. The first kappa shape index (κ1) is 20.9. The van der Waals surface area contributed by atoms with Gasteiger partial charge < -0.3 is 9.47 Å². The summed E-state index contributed by atoms with van der Waals surface area (Å²) < 4.78 is 25.0. The van der Waals surface area contributed by atoms with E-state index in [1.165, 1.54) is 12.1 Å². The highest BCUT2D eigenvalue weighted by atomic mass is 19.1. The SMILES string of the molecule is C=CCc1cc(/C=C(\C#N)c2ccccc2)cc(OC)c1OCc1cccc(F)c1. The van der Waals surface area contributed by atoms with Crippen LogP contribution in [0, 0.1) is 17.1 Å². The smallest absolute Gasteiger partial charge is 0.165 e. The Morgan fingerprint density at radius 3 is 2.57 bits per heavy atom. The molecule has 0 fully saturated rings. The Kier molecular flexibility index (Phi) is 7.02. The second-order valence-corrected chi connectivity index (χ2v) is 6.66. The van der Waals surface area contributed by atoms with E-state index in [1.807, 2.05) is 48.5 Å². The Bertz CT molecular complexity index is 1100. The zero-order chi connectivity index (χ0) is 21.3.